The summed E-state index contributed by atoms with van der Waals surface area (Å²) < 4.78 is 6.79. The number of imidazole rings is 1. The average Bonchev–Trinajstić information content (AvgIpc) is 3.02. The van der Waals surface area contributed by atoms with E-state index < -0.39 is 0 Å². The molecular weight excluding hydrogens is 290 g/mol. The van der Waals surface area contributed by atoms with Crippen LogP contribution in [0.3, 0.4) is 0 Å². The average molecular weight is 307 g/mol. The molecule has 0 amide bonds. The second-order valence-electron chi connectivity index (χ2n) is 5.16. The molecule has 0 N–H and O–H groups in total. The molecule has 1 aromatic carbocycles. The second kappa shape index (κ2) is 6.87. The van der Waals surface area contributed by atoms with Gasteiger partial charge in [0, 0.05) is 37.3 Å². The lowest BCUT2D eigenvalue weighted by atomic mass is 10.1. The fourth-order valence-corrected chi connectivity index (χ4v) is 2.38. The Balaban J connectivity index is 1.74. The lowest BCUT2D eigenvalue weighted by Crippen LogP contribution is -2.06. The van der Waals surface area contributed by atoms with Gasteiger partial charge in [-0.25, -0.2) is 9.78 Å². The number of nitrogens with zero attached hydrogens (tertiary/aromatic N) is 3. The van der Waals surface area contributed by atoms with Gasteiger partial charge in [0.15, 0.2) is 0 Å². The summed E-state index contributed by atoms with van der Waals surface area (Å²) >= 11 is 0. The summed E-state index contributed by atoms with van der Waals surface area (Å²) in [5, 5.41) is 0. The highest BCUT2D eigenvalue weighted by Gasteiger charge is 2.07. The van der Waals surface area contributed by atoms with Gasteiger partial charge in [-0.3, -0.25) is 4.98 Å². The minimum absolute atomic E-state index is 0.324. The number of ether oxygens (including phenoxy) is 1. The van der Waals surface area contributed by atoms with Crippen molar-refractivity contribution in [2.45, 2.75) is 13.0 Å². The monoisotopic (exact) mass is 307 g/mol. The van der Waals surface area contributed by atoms with Gasteiger partial charge >= 0.3 is 5.97 Å². The quantitative estimate of drug-likeness (QED) is 0.680. The molecule has 0 aliphatic heterocycles. The maximum Gasteiger partial charge on any atom is 0.337 e. The summed E-state index contributed by atoms with van der Waals surface area (Å²) in [5.74, 6) is 0.635. The molecule has 0 aliphatic carbocycles. The topological polar surface area (TPSA) is 57.0 Å². The molecule has 0 aliphatic rings. The predicted molar refractivity (Wildman–Crippen MR) is 86.2 cm³/mol. The Kier molecular flexibility index (Phi) is 4.47. The number of rotatable bonds is 5. The molecule has 5 nitrogen and oxygen atoms in total. The van der Waals surface area contributed by atoms with E-state index in [4.69, 9.17) is 4.74 Å². The summed E-state index contributed by atoms with van der Waals surface area (Å²) in [4.78, 5) is 20.2. The molecule has 0 fully saturated rings. The molecule has 116 valence electrons. The smallest absolute Gasteiger partial charge is 0.337 e. The van der Waals surface area contributed by atoms with E-state index in [1.807, 2.05) is 36.5 Å². The third kappa shape index (κ3) is 3.63. The zero-order valence-corrected chi connectivity index (χ0v) is 12.8. The van der Waals surface area contributed by atoms with E-state index in [9.17, 15) is 4.79 Å². The van der Waals surface area contributed by atoms with E-state index in [1.54, 1.807) is 24.5 Å². The van der Waals surface area contributed by atoms with Crippen LogP contribution in [0.15, 0.2) is 61.1 Å². The standard InChI is InChI=1S/C18H17N3O2/c1-23-18(22)15-7-5-14(6-8-15)13-21-11-10-20-17(21)12-16-4-2-3-9-19-16/h2-11H,12-13H2,1H3. The van der Waals surface area contributed by atoms with Crippen LogP contribution in [0.2, 0.25) is 0 Å². The summed E-state index contributed by atoms with van der Waals surface area (Å²) in [6.45, 7) is 0.698. The second-order valence-corrected chi connectivity index (χ2v) is 5.16. The molecule has 3 aromatic rings. The van der Waals surface area contributed by atoms with Crippen molar-refractivity contribution in [2.24, 2.45) is 0 Å². The first-order valence-corrected chi connectivity index (χ1v) is 7.33. The minimum Gasteiger partial charge on any atom is -0.465 e. The van der Waals surface area contributed by atoms with Crippen LogP contribution in [-0.2, 0) is 17.7 Å². The van der Waals surface area contributed by atoms with Gasteiger partial charge < -0.3 is 9.30 Å². The lowest BCUT2D eigenvalue weighted by molar-refractivity contribution is 0.0600. The highest BCUT2D eigenvalue weighted by atomic mass is 16.5. The largest absolute Gasteiger partial charge is 0.465 e. The third-order valence-corrected chi connectivity index (χ3v) is 3.60. The van der Waals surface area contributed by atoms with E-state index in [1.165, 1.54) is 7.11 Å². The summed E-state index contributed by atoms with van der Waals surface area (Å²) in [6.07, 6.45) is 6.22. The highest BCUT2D eigenvalue weighted by Crippen LogP contribution is 2.11. The first-order valence-electron chi connectivity index (χ1n) is 7.33. The Morgan fingerprint density at radius 1 is 1.09 bits per heavy atom. The Morgan fingerprint density at radius 2 is 1.91 bits per heavy atom. The van der Waals surface area contributed by atoms with Crippen molar-refractivity contribution in [3.8, 4) is 0 Å². The number of carbonyl (C=O) groups is 1. The summed E-state index contributed by atoms with van der Waals surface area (Å²) in [5.41, 5.74) is 2.63. The van der Waals surface area contributed by atoms with Crippen molar-refractivity contribution in [1.82, 2.24) is 14.5 Å². The molecule has 5 heteroatoms. The van der Waals surface area contributed by atoms with Gasteiger partial charge in [0.25, 0.3) is 0 Å². The first-order chi connectivity index (χ1) is 11.3. The molecule has 23 heavy (non-hydrogen) atoms. The van der Waals surface area contributed by atoms with Gasteiger partial charge in [-0.2, -0.15) is 0 Å². The first kappa shape index (κ1) is 15.0. The maximum absolute atomic E-state index is 11.5. The molecule has 0 radical (unpaired) electrons. The number of carbonyl (C=O) groups excluding carboxylic acids is 1. The van der Waals surface area contributed by atoms with Crippen LogP contribution < -0.4 is 0 Å². The van der Waals surface area contributed by atoms with Gasteiger partial charge in [0.05, 0.1) is 12.7 Å². The van der Waals surface area contributed by atoms with Crippen molar-refractivity contribution < 1.29 is 9.53 Å². The predicted octanol–water partition coefficient (Wildman–Crippen LogP) is 2.70. The van der Waals surface area contributed by atoms with Gasteiger partial charge in [-0.15, -0.1) is 0 Å². The number of aromatic nitrogens is 3. The number of benzene rings is 1. The van der Waals surface area contributed by atoms with Crippen molar-refractivity contribution in [3.05, 3.63) is 83.7 Å². The van der Waals surface area contributed by atoms with Gasteiger partial charge in [-0.05, 0) is 29.8 Å². The summed E-state index contributed by atoms with van der Waals surface area (Å²) in [6, 6.07) is 13.3. The van der Waals surface area contributed by atoms with Crippen LogP contribution in [0.4, 0.5) is 0 Å². The van der Waals surface area contributed by atoms with E-state index in [2.05, 4.69) is 14.5 Å². The number of methoxy groups -OCH3 is 1. The number of hydrogen-bond donors (Lipinski definition) is 0. The number of pyridine rings is 1. The van der Waals surface area contributed by atoms with Gasteiger partial charge in [-0.1, -0.05) is 18.2 Å². The van der Waals surface area contributed by atoms with E-state index in [0.717, 1.165) is 17.1 Å². The van der Waals surface area contributed by atoms with Crippen LogP contribution in [0, 0.1) is 0 Å². The van der Waals surface area contributed by atoms with E-state index >= 15 is 0 Å². The van der Waals surface area contributed by atoms with Gasteiger partial charge in [0.2, 0.25) is 0 Å². The minimum atomic E-state index is -0.324. The SMILES string of the molecule is COC(=O)c1ccc(Cn2ccnc2Cc2ccccn2)cc1. The number of hydrogen-bond acceptors (Lipinski definition) is 4. The van der Waals surface area contributed by atoms with Crippen molar-refractivity contribution in [1.29, 1.82) is 0 Å². The van der Waals surface area contributed by atoms with Crippen LogP contribution in [0.25, 0.3) is 0 Å². The van der Waals surface area contributed by atoms with E-state index in [-0.39, 0.29) is 5.97 Å². The lowest BCUT2D eigenvalue weighted by Gasteiger charge is -2.08. The van der Waals surface area contributed by atoms with Crippen LogP contribution in [-0.4, -0.2) is 27.6 Å². The molecule has 0 saturated carbocycles. The fourth-order valence-electron chi connectivity index (χ4n) is 2.38. The van der Waals surface area contributed by atoms with E-state index in [0.29, 0.717) is 18.5 Å². The van der Waals surface area contributed by atoms with Crippen molar-refractivity contribution >= 4 is 5.97 Å². The molecule has 0 atom stereocenters. The fraction of sp³-hybridized carbons (Fsp3) is 0.167. The Morgan fingerprint density at radius 3 is 2.61 bits per heavy atom. The molecule has 2 aromatic heterocycles. The summed E-state index contributed by atoms with van der Waals surface area (Å²) in [7, 11) is 1.38. The molecule has 0 spiro atoms. The van der Waals surface area contributed by atoms with Crippen LogP contribution in [0.5, 0.6) is 0 Å². The molecule has 3 rings (SSSR count). The normalized spacial score (nSPS) is 10.5. The molecule has 0 unspecified atom stereocenters. The van der Waals surface area contributed by atoms with Gasteiger partial charge in [0.1, 0.15) is 5.82 Å². The van der Waals surface area contributed by atoms with Crippen LogP contribution >= 0.6 is 0 Å². The third-order valence-electron chi connectivity index (χ3n) is 3.60. The Hall–Kier alpha value is -2.95. The molecule has 0 saturated heterocycles. The Labute approximate surface area is 134 Å². The maximum atomic E-state index is 11.5. The zero-order valence-electron chi connectivity index (χ0n) is 12.8. The molecular formula is C18H17N3O2. The highest BCUT2D eigenvalue weighted by molar-refractivity contribution is 5.89. The molecule has 2 heterocycles. The van der Waals surface area contributed by atoms with Crippen molar-refractivity contribution in [2.75, 3.05) is 7.11 Å². The number of esters is 1. The van der Waals surface area contributed by atoms with Crippen molar-refractivity contribution in [3.63, 3.8) is 0 Å². The zero-order chi connectivity index (χ0) is 16.1. The van der Waals surface area contributed by atoms with Crippen LogP contribution in [0.1, 0.15) is 27.4 Å². The molecule has 0 bridgehead atoms. The Bertz CT molecular complexity index is 780.